The summed E-state index contributed by atoms with van der Waals surface area (Å²) in [6.07, 6.45) is 10.7. The first-order chi connectivity index (χ1) is 18.3. The Labute approximate surface area is 233 Å². The molecule has 0 aliphatic carbocycles. The van der Waals surface area contributed by atoms with Crippen LogP contribution in [-0.4, -0.2) is 62.8 Å². The number of nitrogens with zero attached hydrogens (tertiary/aromatic N) is 1. The monoisotopic (exact) mass is 568 g/mol. The van der Waals surface area contributed by atoms with Crippen molar-refractivity contribution < 1.29 is 26.9 Å². The minimum Gasteiger partial charge on any atom is -0.466 e. The van der Waals surface area contributed by atoms with E-state index in [1.54, 1.807) is 19.1 Å². The summed E-state index contributed by atoms with van der Waals surface area (Å²) in [5, 5.41) is 2.81. The van der Waals surface area contributed by atoms with E-state index in [0.29, 0.717) is 18.5 Å². The van der Waals surface area contributed by atoms with Crippen molar-refractivity contribution in [3.05, 3.63) is 24.3 Å². The van der Waals surface area contributed by atoms with Crippen molar-refractivity contribution >= 4 is 40.3 Å². The highest BCUT2D eigenvalue weighted by molar-refractivity contribution is 7.86. The van der Waals surface area contributed by atoms with E-state index in [2.05, 4.69) is 22.8 Å². The maximum absolute atomic E-state index is 13.2. The number of benzene rings is 1. The molecular weight excluding hydrogens is 524 g/mol. The standard InChI is InChI=1S/C28H44N2O6S2/c1-3-35-28(32)27-24-17-16-22(30(24)2)20-25(27)36-38(33,34)23-14-12-13-21(19-23)29-26(31)15-10-8-6-4-5-7-9-11-18-37/h12-14,19,22,24-25,27,37H,3-11,15-18,20H2,1-2H3,(H,29,31). The second-order valence-corrected chi connectivity index (χ2v) is 12.5. The van der Waals surface area contributed by atoms with Crippen molar-refractivity contribution in [2.45, 2.75) is 107 Å². The second-order valence-electron chi connectivity index (χ2n) is 10.4. The van der Waals surface area contributed by atoms with Gasteiger partial charge in [-0.1, -0.05) is 44.6 Å². The average Bonchev–Trinajstić information content (AvgIpc) is 3.11. The first-order valence-electron chi connectivity index (χ1n) is 14.1. The van der Waals surface area contributed by atoms with Crippen molar-refractivity contribution in [2.75, 3.05) is 24.7 Å². The fourth-order valence-electron chi connectivity index (χ4n) is 5.70. The van der Waals surface area contributed by atoms with Gasteiger partial charge in [-0.25, -0.2) is 0 Å². The van der Waals surface area contributed by atoms with Gasteiger partial charge in [0, 0.05) is 24.2 Å². The van der Waals surface area contributed by atoms with Gasteiger partial charge in [0.2, 0.25) is 5.91 Å². The molecule has 3 rings (SSSR count). The lowest BCUT2D eigenvalue weighted by atomic mass is 9.88. The summed E-state index contributed by atoms with van der Waals surface area (Å²) in [5.41, 5.74) is 0.411. The number of esters is 1. The fraction of sp³-hybridized carbons (Fsp3) is 0.714. The van der Waals surface area contributed by atoms with Gasteiger partial charge in [0.1, 0.15) is 0 Å². The van der Waals surface area contributed by atoms with E-state index in [1.807, 2.05) is 7.05 Å². The first-order valence-corrected chi connectivity index (χ1v) is 16.1. The zero-order valence-electron chi connectivity index (χ0n) is 22.8. The molecule has 10 heteroatoms. The molecule has 0 aromatic heterocycles. The van der Waals surface area contributed by atoms with Gasteiger partial charge in [-0.15, -0.1) is 0 Å². The summed E-state index contributed by atoms with van der Waals surface area (Å²) in [7, 11) is -2.18. The Kier molecular flexibility index (Phi) is 12.4. The van der Waals surface area contributed by atoms with Gasteiger partial charge in [-0.05, 0) is 70.0 Å². The van der Waals surface area contributed by atoms with Gasteiger partial charge in [0.25, 0.3) is 10.1 Å². The molecule has 2 fully saturated rings. The third-order valence-electron chi connectivity index (χ3n) is 7.74. The summed E-state index contributed by atoms with van der Waals surface area (Å²) < 4.78 is 37.4. The number of unbranched alkanes of at least 4 members (excludes halogenated alkanes) is 7. The normalized spacial score (nSPS) is 23.3. The van der Waals surface area contributed by atoms with E-state index < -0.39 is 28.1 Å². The molecule has 4 atom stereocenters. The van der Waals surface area contributed by atoms with Gasteiger partial charge >= 0.3 is 5.97 Å². The number of amides is 1. The molecule has 1 amide bonds. The van der Waals surface area contributed by atoms with Gasteiger partial charge in [0.15, 0.2) is 0 Å². The Bertz CT molecular complexity index is 1020. The lowest BCUT2D eigenvalue weighted by Crippen LogP contribution is -2.53. The maximum atomic E-state index is 13.2. The van der Waals surface area contributed by atoms with Gasteiger partial charge in [-0.3, -0.25) is 18.7 Å². The van der Waals surface area contributed by atoms with Crippen molar-refractivity contribution in [1.82, 2.24) is 4.90 Å². The van der Waals surface area contributed by atoms with Gasteiger partial charge in [-0.2, -0.15) is 21.0 Å². The quantitative estimate of drug-likeness (QED) is 0.123. The summed E-state index contributed by atoms with van der Waals surface area (Å²) in [6.45, 7) is 1.97. The molecule has 4 unspecified atom stereocenters. The number of rotatable bonds is 16. The smallest absolute Gasteiger partial charge is 0.313 e. The van der Waals surface area contributed by atoms with Crippen LogP contribution in [0.2, 0.25) is 0 Å². The van der Waals surface area contributed by atoms with E-state index in [9.17, 15) is 18.0 Å². The van der Waals surface area contributed by atoms with Gasteiger partial charge in [0.05, 0.1) is 23.5 Å². The Balaban J connectivity index is 1.52. The number of nitrogens with one attached hydrogen (secondary N) is 1. The lowest BCUT2D eigenvalue weighted by Gasteiger charge is -2.40. The molecule has 0 saturated carbocycles. The molecule has 0 radical (unpaired) electrons. The molecule has 214 valence electrons. The third-order valence-corrected chi connectivity index (χ3v) is 9.39. The summed E-state index contributed by atoms with van der Waals surface area (Å²) >= 11 is 4.23. The van der Waals surface area contributed by atoms with E-state index in [0.717, 1.165) is 37.9 Å². The number of ether oxygens (including phenoxy) is 1. The molecule has 2 aliphatic rings. The molecule has 38 heavy (non-hydrogen) atoms. The summed E-state index contributed by atoms with van der Waals surface area (Å²) in [5.74, 6) is -0.265. The fourth-order valence-corrected chi connectivity index (χ4v) is 7.07. The van der Waals surface area contributed by atoms with Crippen LogP contribution >= 0.6 is 12.6 Å². The Morgan fingerprint density at radius 2 is 1.74 bits per heavy atom. The highest BCUT2D eigenvalue weighted by atomic mass is 32.2. The number of carbonyl (C=O) groups is 2. The minimum atomic E-state index is -4.15. The molecule has 2 bridgehead atoms. The zero-order chi connectivity index (χ0) is 27.5. The van der Waals surface area contributed by atoms with Crippen molar-refractivity contribution in [3.8, 4) is 0 Å². The first kappa shape index (κ1) is 30.9. The van der Waals surface area contributed by atoms with Crippen molar-refractivity contribution in [3.63, 3.8) is 0 Å². The molecule has 2 aliphatic heterocycles. The Morgan fingerprint density at radius 1 is 1.05 bits per heavy atom. The van der Waals surface area contributed by atoms with Crippen LogP contribution in [0.5, 0.6) is 0 Å². The zero-order valence-corrected chi connectivity index (χ0v) is 24.5. The molecular formula is C28H44N2O6S2. The SMILES string of the molecule is CCOC(=O)C1C(OS(=O)(=O)c2cccc(NC(=O)CCCCCCCCCCS)c2)CC2CCC1N2C. The van der Waals surface area contributed by atoms with Crippen LogP contribution in [0.25, 0.3) is 0 Å². The van der Waals surface area contributed by atoms with Crippen LogP contribution in [0, 0.1) is 5.92 Å². The molecule has 1 aromatic carbocycles. The topological polar surface area (TPSA) is 102 Å². The van der Waals surface area contributed by atoms with E-state index in [4.69, 9.17) is 8.92 Å². The number of hydrogen-bond acceptors (Lipinski definition) is 8. The molecule has 8 nitrogen and oxygen atoms in total. The molecule has 0 spiro atoms. The van der Waals surface area contributed by atoms with Crippen LogP contribution in [0.3, 0.4) is 0 Å². The number of fused-ring (bicyclic) bond motifs is 2. The third kappa shape index (κ3) is 8.69. The Hall–Kier alpha value is -1.62. The molecule has 1 aromatic rings. The summed E-state index contributed by atoms with van der Waals surface area (Å²) in [6, 6.07) is 6.19. The summed E-state index contributed by atoms with van der Waals surface area (Å²) in [4.78, 5) is 27.3. The van der Waals surface area contributed by atoms with E-state index >= 15 is 0 Å². The van der Waals surface area contributed by atoms with E-state index in [-0.39, 0.29) is 29.5 Å². The van der Waals surface area contributed by atoms with Gasteiger partial charge < -0.3 is 10.1 Å². The second kappa shape index (κ2) is 15.2. The van der Waals surface area contributed by atoms with Crippen molar-refractivity contribution in [2.24, 2.45) is 5.92 Å². The molecule has 2 heterocycles. The number of carbonyl (C=O) groups excluding carboxylic acids is 2. The van der Waals surface area contributed by atoms with Crippen molar-refractivity contribution in [1.29, 1.82) is 0 Å². The highest BCUT2D eigenvalue weighted by Crippen LogP contribution is 2.41. The minimum absolute atomic E-state index is 0.0397. The number of piperidine rings is 1. The number of hydrogen-bond donors (Lipinski definition) is 2. The Morgan fingerprint density at radius 3 is 2.42 bits per heavy atom. The largest absolute Gasteiger partial charge is 0.466 e. The lowest BCUT2D eigenvalue weighted by molar-refractivity contribution is -0.157. The molecule has 1 N–H and O–H groups in total. The number of thiol groups is 1. The van der Waals surface area contributed by atoms with Crippen LogP contribution < -0.4 is 5.32 Å². The predicted molar refractivity (Wildman–Crippen MR) is 152 cm³/mol. The average molecular weight is 569 g/mol. The van der Waals surface area contributed by atoms with E-state index in [1.165, 1.54) is 44.2 Å². The molecule has 2 saturated heterocycles. The van der Waals surface area contributed by atoms with Crippen LogP contribution in [0.1, 0.15) is 84.0 Å². The number of anilines is 1. The maximum Gasteiger partial charge on any atom is 0.313 e. The van der Waals surface area contributed by atoms with Crippen LogP contribution in [0.15, 0.2) is 29.2 Å². The van der Waals surface area contributed by atoms with Crippen LogP contribution in [-0.2, 0) is 28.6 Å². The van der Waals surface area contributed by atoms with Crippen LogP contribution in [0.4, 0.5) is 5.69 Å². The predicted octanol–water partition coefficient (Wildman–Crippen LogP) is 5.19. The highest BCUT2D eigenvalue weighted by Gasteiger charge is 2.51.